The lowest BCUT2D eigenvalue weighted by molar-refractivity contribution is 0.133. The molecule has 0 heterocycles. The molecule has 0 spiro atoms. The van der Waals surface area contributed by atoms with Crippen LogP contribution in [0.5, 0.6) is 0 Å². The highest BCUT2D eigenvalue weighted by Gasteiger charge is 2.14. The first-order chi connectivity index (χ1) is 7.38. The van der Waals surface area contributed by atoms with Gasteiger partial charge in [-0.05, 0) is 52.4 Å². The minimum absolute atomic E-state index is 0.634. The van der Waals surface area contributed by atoms with Crippen molar-refractivity contribution in [3.63, 3.8) is 0 Å². The second kappa shape index (κ2) is 5.49. The molecule has 1 aliphatic carbocycles. The summed E-state index contributed by atoms with van der Waals surface area (Å²) in [5, 5.41) is 9.55. The van der Waals surface area contributed by atoms with Crippen molar-refractivity contribution in [1.29, 1.82) is 0 Å². The molecule has 0 aromatic heterocycles. The normalized spacial score (nSPS) is 22.2. The predicted octanol–water partition coefficient (Wildman–Crippen LogP) is 4.01. The van der Waals surface area contributed by atoms with Gasteiger partial charge in [0.15, 0.2) is 0 Å². The topological polar surface area (TPSA) is 20.2 Å². The van der Waals surface area contributed by atoms with Gasteiger partial charge in [-0.2, -0.15) is 0 Å². The molecule has 0 saturated heterocycles. The largest absolute Gasteiger partial charge is 0.386 e. The monoisotopic (exact) mass is 220 g/mol. The highest BCUT2D eigenvalue weighted by Crippen LogP contribution is 2.29. The Labute approximate surface area is 99.6 Å². The van der Waals surface area contributed by atoms with E-state index in [4.69, 9.17) is 0 Å². The Morgan fingerprint density at radius 2 is 2.31 bits per heavy atom. The quantitative estimate of drug-likeness (QED) is 0.710. The molecular weight excluding hydrogens is 196 g/mol. The third-order valence-corrected chi connectivity index (χ3v) is 3.12. The first kappa shape index (κ1) is 13.2. The van der Waals surface area contributed by atoms with Crippen molar-refractivity contribution >= 4 is 0 Å². The summed E-state index contributed by atoms with van der Waals surface area (Å²) in [6.45, 7) is 9.94. The summed E-state index contributed by atoms with van der Waals surface area (Å²) in [5.41, 5.74) is 2.10. The Kier molecular flexibility index (Phi) is 4.55. The summed E-state index contributed by atoms with van der Waals surface area (Å²) >= 11 is 0. The average Bonchev–Trinajstić information content (AvgIpc) is 2.16. The number of hydrogen-bond acceptors (Lipinski definition) is 1. The van der Waals surface area contributed by atoms with E-state index >= 15 is 0 Å². The molecule has 0 bridgehead atoms. The molecule has 90 valence electrons. The van der Waals surface area contributed by atoms with Gasteiger partial charge in [-0.15, -0.1) is 0 Å². The lowest BCUT2D eigenvalue weighted by Crippen LogP contribution is -2.13. The van der Waals surface area contributed by atoms with E-state index in [1.54, 1.807) is 13.8 Å². The molecule has 0 fully saturated rings. The Morgan fingerprint density at radius 3 is 2.81 bits per heavy atom. The molecule has 1 nitrogen and oxygen atoms in total. The van der Waals surface area contributed by atoms with Gasteiger partial charge in [0.2, 0.25) is 0 Å². The van der Waals surface area contributed by atoms with Gasteiger partial charge in [0.05, 0.1) is 5.60 Å². The van der Waals surface area contributed by atoms with Gasteiger partial charge in [-0.3, -0.25) is 0 Å². The van der Waals surface area contributed by atoms with Crippen molar-refractivity contribution in [2.75, 3.05) is 0 Å². The third-order valence-electron chi connectivity index (χ3n) is 3.12. The van der Waals surface area contributed by atoms with Crippen LogP contribution < -0.4 is 0 Å². The van der Waals surface area contributed by atoms with E-state index in [2.05, 4.69) is 19.6 Å². The lowest BCUT2D eigenvalue weighted by Gasteiger charge is -2.22. The number of aliphatic hydroxyl groups is 1. The summed E-state index contributed by atoms with van der Waals surface area (Å²) in [4.78, 5) is 0. The zero-order valence-corrected chi connectivity index (χ0v) is 10.8. The summed E-state index contributed by atoms with van der Waals surface area (Å²) in [5.74, 6) is 0.634. The maximum Gasteiger partial charge on any atom is 0.0771 e. The molecule has 16 heavy (non-hydrogen) atoms. The smallest absolute Gasteiger partial charge is 0.0771 e. The maximum absolute atomic E-state index is 9.55. The van der Waals surface area contributed by atoms with E-state index in [1.165, 1.54) is 24.0 Å². The van der Waals surface area contributed by atoms with E-state index < -0.39 is 5.60 Å². The molecule has 1 rings (SSSR count). The van der Waals surface area contributed by atoms with Crippen LogP contribution in [-0.4, -0.2) is 10.7 Å². The zero-order chi connectivity index (χ0) is 12.2. The number of rotatable bonds is 4. The zero-order valence-electron chi connectivity index (χ0n) is 10.8. The highest BCUT2D eigenvalue weighted by molar-refractivity contribution is 5.14. The van der Waals surface area contributed by atoms with Crippen molar-refractivity contribution in [3.8, 4) is 0 Å². The summed E-state index contributed by atoms with van der Waals surface area (Å²) in [7, 11) is 0. The molecule has 1 heteroatoms. The fourth-order valence-corrected chi connectivity index (χ4v) is 2.00. The predicted molar refractivity (Wildman–Crippen MR) is 70.3 cm³/mol. The van der Waals surface area contributed by atoms with Crippen LogP contribution in [0.3, 0.4) is 0 Å². The van der Waals surface area contributed by atoms with Crippen LogP contribution in [-0.2, 0) is 0 Å². The summed E-state index contributed by atoms with van der Waals surface area (Å²) < 4.78 is 0. The van der Waals surface area contributed by atoms with Crippen molar-refractivity contribution in [2.45, 2.75) is 52.1 Å². The fraction of sp³-hybridized carbons (Fsp3) is 0.600. The molecule has 1 atom stereocenters. The number of hydrogen-bond donors (Lipinski definition) is 1. The van der Waals surface area contributed by atoms with Gasteiger partial charge < -0.3 is 5.11 Å². The Bertz CT molecular complexity index is 302. The van der Waals surface area contributed by atoms with Crippen LogP contribution in [0.1, 0.15) is 46.5 Å². The molecule has 0 aromatic carbocycles. The second-order valence-corrected chi connectivity index (χ2v) is 5.44. The number of allylic oxidation sites excluding steroid dienone is 4. The first-order valence-corrected chi connectivity index (χ1v) is 6.12. The minimum Gasteiger partial charge on any atom is -0.386 e. The Balaban J connectivity index is 2.39. The molecule has 1 N–H and O–H groups in total. The van der Waals surface area contributed by atoms with Gasteiger partial charge in [0, 0.05) is 0 Å². The molecule has 0 aliphatic heterocycles. The molecule has 0 aromatic rings. The Hall–Kier alpha value is -0.820. The molecular formula is C15H24O. The van der Waals surface area contributed by atoms with Gasteiger partial charge in [-0.1, -0.05) is 36.0 Å². The van der Waals surface area contributed by atoms with Crippen LogP contribution in [0.2, 0.25) is 0 Å². The third kappa shape index (κ3) is 4.80. The van der Waals surface area contributed by atoms with Gasteiger partial charge in [0.25, 0.3) is 0 Å². The van der Waals surface area contributed by atoms with Crippen LogP contribution >= 0.6 is 0 Å². The molecule has 0 amide bonds. The van der Waals surface area contributed by atoms with Gasteiger partial charge in [0.1, 0.15) is 0 Å². The van der Waals surface area contributed by atoms with Gasteiger partial charge in [-0.25, -0.2) is 0 Å². The van der Waals surface area contributed by atoms with E-state index in [0.29, 0.717) is 5.92 Å². The van der Waals surface area contributed by atoms with E-state index in [-0.39, 0.29) is 0 Å². The maximum atomic E-state index is 9.55. The van der Waals surface area contributed by atoms with Gasteiger partial charge >= 0.3 is 0 Å². The minimum atomic E-state index is -0.705. The van der Waals surface area contributed by atoms with Crippen molar-refractivity contribution in [1.82, 2.24) is 0 Å². The fourth-order valence-electron chi connectivity index (χ4n) is 2.00. The molecule has 0 saturated carbocycles. The van der Waals surface area contributed by atoms with E-state index in [9.17, 15) is 5.11 Å². The van der Waals surface area contributed by atoms with Crippen LogP contribution in [0.4, 0.5) is 0 Å². The summed E-state index contributed by atoms with van der Waals surface area (Å²) in [6, 6.07) is 0. The average molecular weight is 220 g/mol. The molecule has 1 unspecified atom stereocenters. The Morgan fingerprint density at radius 1 is 1.62 bits per heavy atom. The van der Waals surface area contributed by atoms with E-state index in [1.807, 2.05) is 12.2 Å². The highest BCUT2D eigenvalue weighted by atomic mass is 16.3. The van der Waals surface area contributed by atoms with E-state index in [0.717, 1.165) is 12.8 Å². The second-order valence-electron chi connectivity index (χ2n) is 5.44. The standard InChI is InChI=1S/C15H24O/c1-12-7-9-14(10-8-12)13(2)6-5-11-15(3,4)16/h5,7,11,14,16H,2,6,8-10H2,1,3-4H3. The van der Waals surface area contributed by atoms with Crippen LogP contribution in [0.25, 0.3) is 0 Å². The summed E-state index contributed by atoms with van der Waals surface area (Å²) in [6.07, 6.45) is 10.7. The van der Waals surface area contributed by atoms with Crippen molar-refractivity contribution in [2.24, 2.45) is 5.92 Å². The van der Waals surface area contributed by atoms with Crippen LogP contribution in [0, 0.1) is 5.92 Å². The molecule has 0 radical (unpaired) electrons. The SMILES string of the molecule is C=C(CC=CC(C)(C)O)C1CC=C(C)CC1. The van der Waals surface area contributed by atoms with Crippen LogP contribution in [0.15, 0.2) is 36.0 Å². The first-order valence-electron chi connectivity index (χ1n) is 6.12. The lowest BCUT2D eigenvalue weighted by atomic mass is 9.84. The molecule has 1 aliphatic rings. The van der Waals surface area contributed by atoms with Crippen molar-refractivity contribution < 1.29 is 5.11 Å². The van der Waals surface area contributed by atoms with Crippen molar-refractivity contribution in [3.05, 3.63) is 36.0 Å².